The Labute approximate surface area is 169 Å². The Kier molecular flexibility index (Phi) is 5.81. The molecule has 0 aromatic heterocycles. The quantitative estimate of drug-likeness (QED) is 0.743. The summed E-state index contributed by atoms with van der Waals surface area (Å²) in [5, 5.41) is 2.64. The summed E-state index contributed by atoms with van der Waals surface area (Å²) < 4.78 is 44.4. The first kappa shape index (κ1) is 19.8. The molecule has 2 fully saturated rings. The van der Waals surface area contributed by atoms with Crippen molar-refractivity contribution in [2.24, 2.45) is 0 Å². The van der Waals surface area contributed by atoms with E-state index in [1.165, 1.54) is 0 Å². The Hall–Kier alpha value is -2.46. The van der Waals surface area contributed by atoms with Crippen LogP contribution in [0.2, 0.25) is 0 Å². The molecule has 4 atom stereocenters. The molecule has 0 bridgehead atoms. The van der Waals surface area contributed by atoms with Crippen LogP contribution in [0.3, 0.4) is 0 Å². The zero-order valence-electron chi connectivity index (χ0n) is 15.6. The van der Waals surface area contributed by atoms with Crippen molar-refractivity contribution in [1.82, 2.24) is 4.72 Å². The molecule has 2 N–H and O–H groups in total. The number of fused-ring (bicyclic) bond motifs is 1. The van der Waals surface area contributed by atoms with Crippen molar-refractivity contribution >= 4 is 21.8 Å². The second-order valence-electron chi connectivity index (χ2n) is 7.00. The van der Waals surface area contributed by atoms with E-state index in [0.717, 1.165) is 0 Å². The van der Waals surface area contributed by atoms with Crippen LogP contribution in [0, 0.1) is 0 Å². The normalized spacial score (nSPS) is 26.1. The van der Waals surface area contributed by atoms with Crippen molar-refractivity contribution in [1.29, 1.82) is 0 Å². The number of anilines is 1. The van der Waals surface area contributed by atoms with Gasteiger partial charge in [-0.15, -0.1) is 0 Å². The van der Waals surface area contributed by atoms with E-state index in [4.69, 9.17) is 14.2 Å². The van der Waals surface area contributed by atoms with Crippen molar-refractivity contribution in [2.75, 3.05) is 18.5 Å². The number of nitrogens with one attached hydrogen (secondary N) is 2. The fourth-order valence-electron chi connectivity index (χ4n) is 3.54. The molecule has 2 saturated heterocycles. The van der Waals surface area contributed by atoms with Gasteiger partial charge in [-0.1, -0.05) is 48.5 Å². The first-order valence-electron chi connectivity index (χ1n) is 9.30. The summed E-state index contributed by atoms with van der Waals surface area (Å²) in [5.74, 6) is -0.124. The molecule has 0 spiro atoms. The molecule has 1 amide bonds. The van der Waals surface area contributed by atoms with Crippen molar-refractivity contribution in [2.45, 2.75) is 30.1 Å². The van der Waals surface area contributed by atoms with Crippen molar-refractivity contribution in [3.8, 4) is 0 Å². The van der Waals surface area contributed by atoms with Crippen LogP contribution in [0.1, 0.15) is 5.56 Å². The third kappa shape index (κ3) is 4.94. The number of carbonyl (C=O) groups is 1. The van der Waals surface area contributed by atoms with Gasteiger partial charge in [0, 0.05) is 5.69 Å². The van der Waals surface area contributed by atoms with Crippen LogP contribution in [-0.2, 0) is 30.0 Å². The lowest BCUT2D eigenvalue weighted by Gasteiger charge is -2.18. The number of sulfonamides is 1. The summed E-state index contributed by atoms with van der Waals surface area (Å²) in [7, 11) is -3.57. The van der Waals surface area contributed by atoms with Crippen molar-refractivity contribution in [3.05, 3.63) is 66.2 Å². The lowest BCUT2D eigenvalue weighted by Crippen LogP contribution is -2.44. The highest BCUT2D eigenvalue weighted by atomic mass is 32.2. The maximum Gasteiger partial charge on any atom is 0.412 e. The van der Waals surface area contributed by atoms with E-state index in [1.54, 1.807) is 48.5 Å². The number of hydrogen-bond acceptors (Lipinski definition) is 6. The molecule has 0 unspecified atom stereocenters. The van der Waals surface area contributed by atoms with E-state index in [-0.39, 0.29) is 19.0 Å². The minimum atomic E-state index is -3.57. The summed E-state index contributed by atoms with van der Waals surface area (Å²) in [6.07, 6.45) is -2.23. The second kappa shape index (κ2) is 8.50. The van der Waals surface area contributed by atoms with Gasteiger partial charge in [-0.2, -0.15) is 0 Å². The predicted molar refractivity (Wildman–Crippen MR) is 106 cm³/mol. The summed E-state index contributed by atoms with van der Waals surface area (Å²) >= 11 is 0. The van der Waals surface area contributed by atoms with Crippen molar-refractivity contribution < 1.29 is 27.4 Å². The SMILES string of the molecule is O=C(Nc1ccccc1)O[C@@H]1CO[C@H]2[C@H]1OC[C@H]2NS(=O)(=O)Cc1ccccc1. The third-order valence-corrected chi connectivity index (χ3v) is 6.19. The van der Waals surface area contributed by atoms with Gasteiger partial charge in [0.25, 0.3) is 0 Å². The highest BCUT2D eigenvalue weighted by molar-refractivity contribution is 7.88. The zero-order valence-corrected chi connectivity index (χ0v) is 16.4. The number of hydrogen-bond donors (Lipinski definition) is 2. The molecule has 2 aliphatic heterocycles. The Balaban J connectivity index is 1.32. The van der Waals surface area contributed by atoms with E-state index >= 15 is 0 Å². The van der Waals surface area contributed by atoms with E-state index in [2.05, 4.69) is 10.0 Å². The summed E-state index contributed by atoms with van der Waals surface area (Å²) in [6.45, 7) is 0.304. The number of benzene rings is 2. The van der Waals surface area contributed by atoms with E-state index in [1.807, 2.05) is 12.1 Å². The van der Waals surface area contributed by atoms with Gasteiger partial charge in [-0.25, -0.2) is 17.9 Å². The lowest BCUT2D eigenvalue weighted by atomic mass is 10.1. The standard InChI is InChI=1S/C20H22N2O6S/c23-20(21-15-9-5-2-6-10-15)28-17-12-27-18-16(11-26-19(17)18)22-29(24,25)13-14-7-3-1-4-8-14/h1-10,16-19,22H,11-13H2,(H,21,23)/t16-,17-,18-,19+/m1/s1. The number of ether oxygens (including phenoxy) is 3. The Morgan fingerprint density at radius 3 is 2.34 bits per heavy atom. The molecule has 0 aliphatic carbocycles. The molecule has 4 rings (SSSR count). The summed E-state index contributed by atoms with van der Waals surface area (Å²) in [6, 6.07) is 17.4. The number of rotatable bonds is 6. The van der Waals surface area contributed by atoms with E-state index < -0.39 is 40.5 Å². The van der Waals surface area contributed by atoms with Crippen LogP contribution in [0.4, 0.5) is 10.5 Å². The smallest absolute Gasteiger partial charge is 0.412 e. The van der Waals surface area contributed by atoms with Gasteiger partial charge in [0.15, 0.2) is 6.10 Å². The number of carbonyl (C=O) groups excluding carboxylic acids is 1. The van der Waals surface area contributed by atoms with Crippen LogP contribution < -0.4 is 10.0 Å². The molecular weight excluding hydrogens is 396 g/mol. The van der Waals surface area contributed by atoms with Crippen LogP contribution in [-0.4, -0.2) is 52.1 Å². The Bertz CT molecular complexity index is 938. The molecule has 0 saturated carbocycles. The lowest BCUT2D eigenvalue weighted by molar-refractivity contribution is 0.00883. The van der Waals surface area contributed by atoms with Gasteiger partial charge in [0.2, 0.25) is 10.0 Å². The predicted octanol–water partition coefficient (Wildman–Crippen LogP) is 1.89. The van der Waals surface area contributed by atoms with Gasteiger partial charge >= 0.3 is 6.09 Å². The van der Waals surface area contributed by atoms with E-state index in [0.29, 0.717) is 11.3 Å². The number of para-hydroxylation sites is 1. The largest absolute Gasteiger partial charge is 0.441 e. The molecule has 2 aromatic carbocycles. The highest BCUT2D eigenvalue weighted by Gasteiger charge is 2.50. The second-order valence-corrected chi connectivity index (χ2v) is 8.75. The molecule has 8 nitrogen and oxygen atoms in total. The molecule has 2 aliphatic rings. The fraction of sp³-hybridized carbons (Fsp3) is 0.350. The summed E-state index contributed by atoms with van der Waals surface area (Å²) in [5.41, 5.74) is 1.31. The molecule has 2 aromatic rings. The molecule has 9 heteroatoms. The van der Waals surface area contributed by atoms with Crippen LogP contribution in [0.15, 0.2) is 60.7 Å². The van der Waals surface area contributed by atoms with Crippen molar-refractivity contribution in [3.63, 3.8) is 0 Å². The van der Waals surface area contributed by atoms with Crippen LogP contribution in [0.25, 0.3) is 0 Å². The Morgan fingerprint density at radius 1 is 0.966 bits per heavy atom. The first-order valence-corrected chi connectivity index (χ1v) is 11.0. The maximum atomic E-state index is 12.5. The van der Waals surface area contributed by atoms with Gasteiger partial charge in [0.05, 0.1) is 25.0 Å². The van der Waals surface area contributed by atoms with Gasteiger partial charge in [-0.3, -0.25) is 5.32 Å². The number of amides is 1. The van der Waals surface area contributed by atoms with Gasteiger partial charge in [-0.05, 0) is 17.7 Å². The minimum Gasteiger partial charge on any atom is -0.441 e. The average Bonchev–Trinajstić information content (AvgIpc) is 3.26. The summed E-state index contributed by atoms with van der Waals surface area (Å²) in [4.78, 5) is 12.1. The van der Waals surface area contributed by atoms with Gasteiger partial charge < -0.3 is 14.2 Å². The molecule has 154 valence electrons. The molecule has 2 heterocycles. The molecule has 0 radical (unpaired) electrons. The van der Waals surface area contributed by atoms with Crippen LogP contribution in [0.5, 0.6) is 0 Å². The minimum absolute atomic E-state index is 0.124. The Morgan fingerprint density at radius 2 is 1.62 bits per heavy atom. The molecular formula is C20H22N2O6S. The first-order chi connectivity index (χ1) is 14.0. The topological polar surface area (TPSA) is 103 Å². The van der Waals surface area contributed by atoms with Gasteiger partial charge in [0.1, 0.15) is 12.2 Å². The fourth-order valence-corrected chi connectivity index (χ4v) is 4.92. The monoisotopic (exact) mass is 418 g/mol. The maximum absolute atomic E-state index is 12.5. The molecule has 29 heavy (non-hydrogen) atoms. The average molecular weight is 418 g/mol. The van der Waals surface area contributed by atoms with Crippen LogP contribution >= 0.6 is 0 Å². The highest BCUT2D eigenvalue weighted by Crippen LogP contribution is 2.29. The zero-order chi connectivity index (χ0) is 20.3. The van der Waals surface area contributed by atoms with E-state index in [9.17, 15) is 13.2 Å². The third-order valence-electron chi connectivity index (χ3n) is 4.82.